The number of rotatable bonds is 6. The van der Waals surface area contributed by atoms with Crippen LogP contribution < -0.4 is 10.6 Å². The van der Waals surface area contributed by atoms with Gasteiger partial charge >= 0.3 is 5.97 Å². The zero-order valence-corrected chi connectivity index (χ0v) is 16.7. The molecule has 0 fully saturated rings. The van der Waals surface area contributed by atoms with Gasteiger partial charge in [0.15, 0.2) is 27.6 Å². The molecule has 4 aromatic rings. The second kappa shape index (κ2) is 7.87. The highest BCUT2D eigenvalue weighted by Crippen LogP contribution is 2.29. The lowest BCUT2D eigenvalue weighted by molar-refractivity contribution is 0.0520. The van der Waals surface area contributed by atoms with E-state index >= 15 is 0 Å². The normalized spacial score (nSPS) is 10.8. The van der Waals surface area contributed by atoms with Gasteiger partial charge < -0.3 is 15.4 Å². The number of carbonyl (C=O) groups excluding carboxylic acids is 1. The predicted octanol–water partition coefficient (Wildman–Crippen LogP) is 4.52. The van der Waals surface area contributed by atoms with Crippen LogP contribution in [-0.2, 0) is 4.74 Å². The van der Waals surface area contributed by atoms with E-state index in [2.05, 4.69) is 30.8 Å². The summed E-state index contributed by atoms with van der Waals surface area (Å²) in [7, 11) is 0. The van der Waals surface area contributed by atoms with Crippen molar-refractivity contribution in [1.29, 1.82) is 0 Å². The molecule has 0 amide bonds. The lowest BCUT2D eigenvalue weighted by Gasteiger charge is -2.07. The maximum absolute atomic E-state index is 11.7. The van der Waals surface area contributed by atoms with Crippen molar-refractivity contribution >= 4 is 60.8 Å². The summed E-state index contributed by atoms with van der Waals surface area (Å²) in [5, 5.41) is 17.6. The van der Waals surface area contributed by atoms with Crippen molar-refractivity contribution in [1.82, 2.24) is 20.2 Å². The van der Waals surface area contributed by atoms with E-state index in [-0.39, 0.29) is 5.69 Å². The van der Waals surface area contributed by atoms with Crippen LogP contribution in [0.3, 0.4) is 0 Å². The Kier molecular flexibility index (Phi) is 5.13. The summed E-state index contributed by atoms with van der Waals surface area (Å²) in [6, 6.07) is 9.81. The van der Waals surface area contributed by atoms with Gasteiger partial charge in [0.05, 0.1) is 16.8 Å². The van der Waals surface area contributed by atoms with Gasteiger partial charge in [-0.15, -0.1) is 21.5 Å². The highest BCUT2D eigenvalue weighted by atomic mass is 32.1. The lowest BCUT2D eigenvalue weighted by Crippen LogP contribution is -2.05. The first-order valence-corrected chi connectivity index (χ1v) is 10.2. The summed E-state index contributed by atoms with van der Waals surface area (Å²) in [5.74, 6) is 0.734. The molecule has 0 aliphatic carbocycles. The molecule has 0 radical (unpaired) electrons. The fourth-order valence-electron chi connectivity index (χ4n) is 2.44. The van der Waals surface area contributed by atoms with Crippen molar-refractivity contribution in [2.45, 2.75) is 13.8 Å². The van der Waals surface area contributed by atoms with Crippen LogP contribution >= 0.6 is 22.7 Å². The summed E-state index contributed by atoms with van der Waals surface area (Å²) < 4.78 is 6.05. The molecule has 0 aliphatic heterocycles. The third-order valence-corrected chi connectivity index (χ3v) is 5.44. The molecular weight excluding hydrogens is 396 g/mol. The molecular formula is C18H16N6O2S2. The summed E-state index contributed by atoms with van der Waals surface area (Å²) in [6.45, 7) is 4.00. The summed E-state index contributed by atoms with van der Waals surface area (Å²) >= 11 is 2.86. The number of nitrogens with one attached hydrogen (secondary N) is 2. The van der Waals surface area contributed by atoms with Crippen LogP contribution in [0.4, 0.5) is 21.9 Å². The van der Waals surface area contributed by atoms with Crippen molar-refractivity contribution in [3.63, 3.8) is 0 Å². The first-order valence-electron chi connectivity index (χ1n) is 8.49. The molecule has 3 aromatic heterocycles. The Bertz CT molecular complexity index is 1110. The SMILES string of the molecule is CCOC(=O)c1csc(Nc2cc(C)c(Nc3nc4ccccc4s3)nn2)n1. The number of hydrogen-bond acceptors (Lipinski definition) is 10. The van der Waals surface area contributed by atoms with Gasteiger partial charge in [-0.3, -0.25) is 0 Å². The molecule has 0 spiro atoms. The van der Waals surface area contributed by atoms with E-state index in [1.165, 1.54) is 11.3 Å². The molecule has 1 aromatic carbocycles. The van der Waals surface area contributed by atoms with Crippen LogP contribution in [0.25, 0.3) is 10.2 Å². The number of benzene rings is 1. The van der Waals surface area contributed by atoms with Crippen molar-refractivity contribution in [3.05, 3.63) is 47.0 Å². The van der Waals surface area contributed by atoms with Crippen LogP contribution in [0, 0.1) is 6.92 Å². The molecule has 142 valence electrons. The predicted molar refractivity (Wildman–Crippen MR) is 111 cm³/mol. The highest BCUT2D eigenvalue weighted by Gasteiger charge is 2.13. The number of fused-ring (bicyclic) bond motifs is 1. The van der Waals surface area contributed by atoms with E-state index in [4.69, 9.17) is 4.74 Å². The number of esters is 1. The minimum Gasteiger partial charge on any atom is -0.461 e. The van der Waals surface area contributed by atoms with Gasteiger partial charge in [-0.2, -0.15) is 0 Å². The monoisotopic (exact) mass is 412 g/mol. The second-order valence-electron chi connectivity index (χ2n) is 5.76. The van der Waals surface area contributed by atoms with Gasteiger partial charge in [-0.05, 0) is 37.6 Å². The van der Waals surface area contributed by atoms with Crippen LogP contribution in [0.15, 0.2) is 35.7 Å². The summed E-state index contributed by atoms with van der Waals surface area (Å²) in [6.07, 6.45) is 0. The number of thiazole rings is 2. The lowest BCUT2D eigenvalue weighted by atomic mass is 10.3. The van der Waals surface area contributed by atoms with Crippen molar-refractivity contribution < 1.29 is 9.53 Å². The third kappa shape index (κ3) is 3.92. The molecule has 0 saturated heterocycles. The van der Waals surface area contributed by atoms with E-state index in [1.807, 2.05) is 37.3 Å². The fraction of sp³-hybridized carbons (Fsp3) is 0.167. The van der Waals surface area contributed by atoms with E-state index in [0.29, 0.717) is 23.4 Å². The molecule has 8 nitrogen and oxygen atoms in total. The number of ether oxygens (including phenoxy) is 1. The highest BCUT2D eigenvalue weighted by molar-refractivity contribution is 7.22. The molecule has 4 rings (SSSR count). The molecule has 0 bridgehead atoms. The van der Waals surface area contributed by atoms with Gasteiger partial charge in [0.1, 0.15) is 0 Å². The van der Waals surface area contributed by atoms with Crippen LogP contribution in [-0.4, -0.2) is 32.7 Å². The quantitative estimate of drug-likeness (QED) is 0.446. The number of anilines is 4. The number of hydrogen-bond donors (Lipinski definition) is 2. The maximum Gasteiger partial charge on any atom is 0.357 e. The van der Waals surface area contributed by atoms with Crippen LogP contribution in [0.2, 0.25) is 0 Å². The van der Waals surface area contributed by atoms with E-state index < -0.39 is 5.97 Å². The second-order valence-corrected chi connectivity index (χ2v) is 7.65. The average Bonchev–Trinajstić information content (AvgIpc) is 3.30. The summed E-state index contributed by atoms with van der Waals surface area (Å²) in [5.41, 5.74) is 2.12. The topological polar surface area (TPSA) is 102 Å². The Balaban J connectivity index is 1.47. The van der Waals surface area contributed by atoms with Crippen molar-refractivity contribution in [3.8, 4) is 0 Å². The van der Waals surface area contributed by atoms with Crippen LogP contribution in [0.5, 0.6) is 0 Å². The van der Waals surface area contributed by atoms with Crippen LogP contribution in [0.1, 0.15) is 23.0 Å². The zero-order valence-electron chi connectivity index (χ0n) is 15.1. The smallest absolute Gasteiger partial charge is 0.357 e. The molecule has 28 heavy (non-hydrogen) atoms. The fourth-order valence-corrected chi connectivity index (χ4v) is 3.99. The summed E-state index contributed by atoms with van der Waals surface area (Å²) in [4.78, 5) is 20.5. The zero-order chi connectivity index (χ0) is 19.5. The maximum atomic E-state index is 11.7. The Labute approximate surface area is 168 Å². The van der Waals surface area contributed by atoms with Gasteiger partial charge in [0, 0.05) is 5.38 Å². The Morgan fingerprint density at radius 1 is 1.14 bits per heavy atom. The van der Waals surface area contributed by atoms with Crippen molar-refractivity contribution in [2.75, 3.05) is 17.2 Å². The number of nitrogens with zero attached hydrogens (tertiary/aromatic N) is 4. The Morgan fingerprint density at radius 3 is 2.79 bits per heavy atom. The van der Waals surface area contributed by atoms with Gasteiger partial charge in [-0.1, -0.05) is 23.5 Å². The number of carbonyl (C=O) groups is 1. The van der Waals surface area contributed by atoms with E-state index in [1.54, 1.807) is 23.6 Å². The Hall–Kier alpha value is -3.11. The number of aryl methyl sites for hydroxylation is 1. The minimum absolute atomic E-state index is 0.271. The van der Waals surface area contributed by atoms with E-state index in [0.717, 1.165) is 20.9 Å². The largest absolute Gasteiger partial charge is 0.461 e. The standard InChI is InChI=1S/C18H16N6O2S2/c1-3-26-16(25)12-9-27-17(20-12)21-14-8-10(2)15(24-23-14)22-18-19-11-6-4-5-7-13(11)28-18/h4-9H,3H2,1-2H3,(H,19,22,24)(H,20,21,23). The van der Waals surface area contributed by atoms with Gasteiger partial charge in [0.25, 0.3) is 0 Å². The number of aromatic nitrogens is 4. The molecule has 0 atom stereocenters. The van der Waals surface area contributed by atoms with Crippen molar-refractivity contribution in [2.24, 2.45) is 0 Å². The molecule has 2 N–H and O–H groups in total. The first-order chi connectivity index (χ1) is 13.6. The van der Waals surface area contributed by atoms with Gasteiger partial charge in [-0.25, -0.2) is 14.8 Å². The average molecular weight is 413 g/mol. The van der Waals surface area contributed by atoms with E-state index in [9.17, 15) is 4.79 Å². The molecule has 0 aliphatic rings. The Morgan fingerprint density at radius 2 is 2.00 bits per heavy atom. The molecule has 0 unspecified atom stereocenters. The third-order valence-electron chi connectivity index (χ3n) is 3.73. The molecule has 10 heteroatoms. The van der Waals surface area contributed by atoms with Gasteiger partial charge in [0.2, 0.25) is 0 Å². The number of para-hydroxylation sites is 1. The first kappa shape index (κ1) is 18.3. The molecule has 3 heterocycles. The minimum atomic E-state index is -0.440. The molecule has 0 saturated carbocycles.